The maximum absolute atomic E-state index is 6.83. The second-order valence-electron chi connectivity index (χ2n) is 3.70. The first-order valence-electron chi connectivity index (χ1n) is 4.81. The van der Waals surface area contributed by atoms with Gasteiger partial charge in [0, 0.05) is 17.7 Å². The van der Waals surface area contributed by atoms with Crippen LogP contribution in [-0.4, -0.2) is 26.1 Å². The van der Waals surface area contributed by atoms with Crippen LogP contribution in [0.4, 0.5) is 0 Å². The third-order valence-electron chi connectivity index (χ3n) is 2.09. The minimum absolute atomic E-state index is 0.435. The van der Waals surface area contributed by atoms with Gasteiger partial charge in [-0.1, -0.05) is 0 Å². The van der Waals surface area contributed by atoms with Crippen molar-refractivity contribution < 1.29 is 4.74 Å². The van der Waals surface area contributed by atoms with Crippen LogP contribution in [0, 0.1) is 6.57 Å². The predicted octanol–water partition coefficient (Wildman–Crippen LogP) is 2.18. The highest BCUT2D eigenvalue weighted by atomic mass is 16.5. The summed E-state index contributed by atoms with van der Waals surface area (Å²) in [4.78, 5) is 5.46. The van der Waals surface area contributed by atoms with Crippen molar-refractivity contribution in [2.45, 2.75) is 13.1 Å². The maximum Gasteiger partial charge on any atom is 0.239 e. The fourth-order valence-electron chi connectivity index (χ4n) is 1.49. The highest BCUT2D eigenvalue weighted by Gasteiger charge is 2.06. The lowest BCUT2D eigenvalue weighted by molar-refractivity contribution is 0.371. The van der Waals surface area contributed by atoms with E-state index in [1.54, 1.807) is 7.11 Å². The number of benzene rings is 1. The Morgan fingerprint density at radius 1 is 1.40 bits per heavy atom. The van der Waals surface area contributed by atoms with Gasteiger partial charge in [0.1, 0.15) is 5.75 Å². The summed E-state index contributed by atoms with van der Waals surface area (Å²) in [6.07, 6.45) is 0. The number of hydrogen-bond acceptors (Lipinski definition) is 2. The van der Waals surface area contributed by atoms with Crippen LogP contribution >= 0.6 is 0 Å². The number of hydrogen-bond donors (Lipinski definition) is 0. The summed E-state index contributed by atoms with van der Waals surface area (Å²) in [6.45, 7) is 8.10. The Labute approximate surface area is 91.1 Å². The van der Waals surface area contributed by atoms with E-state index in [0.717, 1.165) is 23.4 Å². The molecule has 0 heterocycles. The largest absolute Gasteiger partial charge is 0.496 e. The average molecular weight is 204 g/mol. The zero-order valence-electron chi connectivity index (χ0n) is 9.45. The van der Waals surface area contributed by atoms with Gasteiger partial charge in [0.2, 0.25) is 6.54 Å². The Morgan fingerprint density at radius 2 is 2.13 bits per heavy atom. The van der Waals surface area contributed by atoms with Crippen molar-refractivity contribution in [1.82, 2.24) is 4.90 Å². The summed E-state index contributed by atoms with van der Waals surface area (Å²) in [5.74, 6) is 0.887. The molecule has 3 heteroatoms. The van der Waals surface area contributed by atoms with E-state index in [2.05, 4.69) is 9.74 Å². The van der Waals surface area contributed by atoms with Crippen LogP contribution in [0.25, 0.3) is 4.85 Å². The molecule has 0 amide bonds. The minimum Gasteiger partial charge on any atom is -0.496 e. The molecular formula is C12H16N2O. The van der Waals surface area contributed by atoms with Gasteiger partial charge in [-0.15, -0.1) is 0 Å². The van der Waals surface area contributed by atoms with Gasteiger partial charge in [-0.25, -0.2) is 6.57 Å². The van der Waals surface area contributed by atoms with E-state index >= 15 is 0 Å². The van der Waals surface area contributed by atoms with Crippen molar-refractivity contribution in [2.75, 3.05) is 21.2 Å². The van der Waals surface area contributed by atoms with Crippen LogP contribution in [0.2, 0.25) is 0 Å². The highest BCUT2D eigenvalue weighted by Crippen LogP contribution is 2.21. The van der Waals surface area contributed by atoms with Crippen molar-refractivity contribution in [2.24, 2.45) is 0 Å². The van der Waals surface area contributed by atoms with Crippen molar-refractivity contribution in [3.63, 3.8) is 0 Å². The standard InChI is InChI=1S/C12H16N2O/c1-13-8-10-5-6-12(15-4)11(7-10)9-14(2)3/h5-7H,8-9H2,2-4H3. The van der Waals surface area contributed by atoms with Gasteiger partial charge in [-0.05, 0) is 32.3 Å². The Kier molecular flexibility index (Phi) is 4.14. The molecule has 0 fully saturated rings. The van der Waals surface area contributed by atoms with Gasteiger partial charge < -0.3 is 14.5 Å². The van der Waals surface area contributed by atoms with Crippen LogP contribution < -0.4 is 4.74 Å². The van der Waals surface area contributed by atoms with Gasteiger partial charge in [0.15, 0.2) is 0 Å². The van der Waals surface area contributed by atoms with Crippen molar-refractivity contribution in [3.05, 3.63) is 40.7 Å². The maximum atomic E-state index is 6.83. The SMILES string of the molecule is [C-]#[N+]Cc1ccc(OC)c(CN(C)C)c1. The molecule has 0 unspecified atom stereocenters. The molecule has 0 N–H and O–H groups in total. The monoisotopic (exact) mass is 204 g/mol. The molecule has 1 aromatic rings. The Bertz CT molecular complexity index is 366. The van der Waals surface area contributed by atoms with Gasteiger partial charge in [-0.2, -0.15) is 0 Å². The topological polar surface area (TPSA) is 16.8 Å². The normalized spacial score (nSPS) is 10.1. The molecule has 0 aliphatic carbocycles. The zero-order chi connectivity index (χ0) is 11.3. The molecule has 0 bridgehead atoms. The quantitative estimate of drug-likeness (QED) is 0.699. The summed E-state index contributed by atoms with van der Waals surface area (Å²) in [7, 11) is 5.70. The molecule has 80 valence electrons. The third-order valence-corrected chi connectivity index (χ3v) is 2.09. The molecule has 0 aliphatic rings. The molecule has 0 aromatic heterocycles. The summed E-state index contributed by atoms with van der Waals surface area (Å²) in [6, 6.07) is 5.91. The van der Waals surface area contributed by atoms with E-state index < -0.39 is 0 Å². The fraction of sp³-hybridized carbons (Fsp3) is 0.417. The first-order valence-corrected chi connectivity index (χ1v) is 4.81. The molecule has 0 aliphatic heterocycles. The van der Waals surface area contributed by atoms with E-state index in [4.69, 9.17) is 11.3 Å². The smallest absolute Gasteiger partial charge is 0.239 e. The van der Waals surface area contributed by atoms with E-state index in [1.165, 1.54) is 0 Å². The lowest BCUT2D eigenvalue weighted by Gasteiger charge is -2.13. The highest BCUT2D eigenvalue weighted by molar-refractivity contribution is 5.37. The molecule has 3 nitrogen and oxygen atoms in total. The second kappa shape index (κ2) is 5.38. The zero-order valence-corrected chi connectivity index (χ0v) is 9.45. The van der Waals surface area contributed by atoms with Crippen molar-refractivity contribution >= 4 is 0 Å². The summed E-state index contributed by atoms with van der Waals surface area (Å²) < 4.78 is 5.28. The number of ether oxygens (including phenoxy) is 1. The summed E-state index contributed by atoms with van der Waals surface area (Å²) in [5, 5.41) is 0. The summed E-state index contributed by atoms with van der Waals surface area (Å²) in [5.41, 5.74) is 2.17. The van der Waals surface area contributed by atoms with Gasteiger partial charge in [0.25, 0.3) is 0 Å². The predicted molar refractivity (Wildman–Crippen MR) is 60.7 cm³/mol. The van der Waals surface area contributed by atoms with E-state index in [1.807, 2.05) is 32.3 Å². The Hall–Kier alpha value is -1.53. The van der Waals surface area contributed by atoms with Crippen molar-refractivity contribution in [3.8, 4) is 5.75 Å². The Morgan fingerprint density at radius 3 is 2.67 bits per heavy atom. The molecule has 0 atom stereocenters. The molecule has 1 rings (SSSR count). The molecule has 0 spiro atoms. The van der Waals surface area contributed by atoms with Crippen LogP contribution in [0.3, 0.4) is 0 Å². The number of nitrogens with zero attached hydrogens (tertiary/aromatic N) is 2. The molecule has 15 heavy (non-hydrogen) atoms. The van der Waals surface area contributed by atoms with Crippen molar-refractivity contribution in [1.29, 1.82) is 0 Å². The van der Waals surface area contributed by atoms with E-state index in [9.17, 15) is 0 Å². The van der Waals surface area contributed by atoms with E-state index in [0.29, 0.717) is 6.54 Å². The van der Waals surface area contributed by atoms with Gasteiger partial charge >= 0.3 is 0 Å². The fourth-order valence-corrected chi connectivity index (χ4v) is 1.49. The first kappa shape index (κ1) is 11.5. The first-order chi connectivity index (χ1) is 7.17. The lowest BCUT2D eigenvalue weighted by Crippen LogP contribution is -2.11. The average Bonchev–Trinajstić information content (AvgIpc) is 2.18. The molecule has 0 radical (unpaired) electrons. The molecule has 0 saturated carbocycles. The third kappa shape index (κ3) is 3.26. The van der Waals surface area contributed by atoms with Crippen LogP contribution in [-0.2, 0) is 13.1 Å². The van der Waals surface area contributed by atoms with Crippen LogP contribution in [0.1, 0.15) is 11.1 Å². The minimum atomic E-state index is 0.435. The molecular weight excluding hydrogens is 188 g/mol. The van der Waals surface area contributed by atoms with E-state index in [-0.39, 0.29) is 0 Å². The second-order valence-corrected chi connectivity index (χ2v) is 3.70. The van der Waals surface area contributed by atoms with Crippen LogP contribution in [0.15, 0.2) is 18.2 Å². The number of rotatable bonds is 4. The number of methoxy groups -OCH3 is 1. The lowest BCUT2D eigenvalue weighted by atomic mass is 10.1. The summed E-state index contributed by atoms with van der Waals surface area (Å²) >= 11 is 0. The van der Waals surface area contributed by atoms with Gasteiger partial charge in [-0.3, -0.25) is 0 Å². The van der Waals surface area contributed by atoms with Crippen LogP contribution in [0.5, 0.6) is 5.75 Å². The molecule has 1 aromatic carbocycles. The van der Waals surface area contributed by atoms with Gasteiger partial charge in [0.05, 0.1) is 7.11 Å². The Balaban J connectivity index is 2.97. The molecule has 0 saturated heterocycles.